The average molecular weight is 412 g/mol. The summed E-state index contributed by atoms with van der Waals surface area (Å²) in [6.07, 6.45) is 0. The summed E-state index contributed by atoms with van der Waals surface area (Å²) in [5.41, 5.74) is 4.47. The molecule has 0 saturated heterocycles. The molecule has 0 saturated carbocycles. The normalized spacial score (nSPS) is 10.4. The van der Waals surface area contributed by atoms with Crippen LogP contribution in [0, 0.1) is 6.92 Å². The fourth-order valence-electron chi connectivity index (χ4n) is 2.80. The summed E-state index contributed by atoms with van der Waals surface area (Å²) in [5.74, 6) is 0.192. The maximum absolute atomic E-state index is 10.9. The standard InChI is InChI=1S/C21H22ClN5O2/c1-14-17(9-6-10-18(14)16-7-4-3-5-8-16)13-29-21-26-19(22)25-20(27-21)24-12-11-23-15(2)28/h3-10H,11-13H2,1-2H3,(H,23,28)(H,24,25,26,27). The van der Waals surface area contributed by atoms with Crippen molar-refractivity contribution in [2.24, 2.45) is 0 Å². The van der Waals surface area contributed by atoms with E-state index in [0.29, 0.717) is 25.6 Å². The first-order valence-corrected chi connectivity index (χ1v) is 9.57. The topological polar surface area (TPSA) is 89.0 Å². The van der Waals surface area contributed by atoms with Gasteiger partial charge in [0, 0.05) is 20.0 Å². The van der Waals surface area contributed by atoms with Gasteiger partial charge in [0.1, 0.15) is 6.61 Å². The molecule has 0 unspecified atom stereocenters. The Morgan fingerprint density at radius 3 is 2.59 bits per heavy atom. The number of carbonyl (C=O) groups excluding carboxylic acids is 1. The molecule has 0 aliphatic rings. The van der Waals surface area contributed by atoms with E-state index in [2.05, 4.69) is 50.7 Å². The van der Waals surface area contributed by atoms with Crippen LogP contribution in [0.5, 0.6) is 6.01 Å². The molecule has 0 fully saturated rings. The number of ether oxygens (including phenoxy) is 1. The van der Waals surface area contributed by atoms with Gasteiger partial charge < -0.3 is 15.4 Å². The lowest BCUT2D eigenvalue weighted by Gasteiger charge is -2.12. The van der Waals surface area contributed by atoms with Crippen LogP contribution < -0.4 is 15.4 Å². The minimum atomic E-state index is -0.0994. The zero-order chi connectivity index (χ0) is 20.6. The van der Waals surface area contributed by atoms with Gasteiger partial charge in [-0.25, -0.2) is 0 Å². The fourth-order valence-corrected chi connectivity index (χ4v) is 2.95. The Bertz CT molecular complexity index is 982. The molecule has 0 radical (unpaired) electrons. The molecule has 2 aromatic carbocycles. The van der Waals surface area contributed by atoms with E-state index in [9.17, 15) is 4.79 Å². The number of amides is 1. The number of hydrogen-bond acceptors (Lipinski definition) is 6. The molecule has 29 heavy (non-hydrogen) atoms. The second kappa shape index (κ2) is 9.84. The molecule has 3 rings (SSSR count). The molecular formula is C21H22ClN5O2. The van der Waals surface area contributed by atoms with Gasteiger partial charge in [0.05, 0.1) is 0 Å². The molecule has 150 valence electrons. The van der Waals surface area contributed by atoms with Gasteiger partial charge in [-0.2, -0.15) is 15.0 Å². The van der Waals surface area contributed by atoms with Crippen molar-refractivity contribution in [3.8, 4) is 17.1 Å². The number of carbonyl (C=O) groups is 1. The van der Waals surface area contributed by atoms with Gasteiger partial charge in [0.25, 0.3) is 0 Å². The number of nitrogens with zero attached hydrogens (tertiary/aromatic N) is 3. The van der Waals surface area contributed by atoms with Crippen LogP contribution in [0.2, 0.25) is 5.28 Å². The van der Waals surface area contributed by atoms with Crippen molar-refractivity contribution in [2.75, 3.05) is 18.4 Å². The molecule has 0 bridgehead atoms. The zero-order valence-corrected chi connectivity index (χ0v) is 17.0. The van der Waals surface area contributed by atoms with Crippen molar-refractivity contribution in [1.82, 2.24) is 20.3 Å². The Hall–Kier alpha value is -3.19. The highest BCUT2D eigenvalue weighted by Gasteiger charge is 2.10. The molecule has 1 heterocycles. The lowest BCUT2D eigenvalue weighted by Crippen LogP contribution is -2.26. The number of rotatable bonds is 8. The van der Waals surface area contributed by atoms with Crippen LogP contribution >= 0.6 is 11.6 Å². The van der Waals surface area contributed by atoms with Gasteiger partial charge in [-0.15, -0.1) is 0 Å². The smallest absolute Gasteiger partial charge is 0.322 e. The molecule has 0 spiro atoms. The van der Waals surface area contributed by atoms with Crippen LogP contribution in [0.3, 0.4) is 0 Å². The maximum Gasteiger partial charge on any atom is 0.322 e. The second-order valence-electron chi connectivity index (χ2n) is 6.36. The predicted molar refractivity (Wildman–Crippen MR) is 113 cm³/mol. The number of benzene rings is 2. The molecule has 0 aliphatic carbocycles. The van der Waals surface area contributed by atoms with E-state index < -0.39 is 0 Å². The molecule has 2 N–H and O–H groups in total. The van der Waals surface area contributed by atoms with E-state index in [4.69, 9.17) is 16.3 Å². The van der Waals surface area contributed by atoms with Crippen molar-refractivity contribution in [3.05, 3.63) is 64.9 Å². The monoisotopic (exact) mass is 411 g/mol. The van der Waals surface area contributed by atoms with E-state index >= 15 is 0 Å². The SMILES string of the molecule is CC(=O)NCCNc1nc(Cl)nc(OCc2cccc(-c3ccccc3)c2C)n1. The summed E-state index contributed by atoms with van der Waals surface area (Å²) < 4.78 is 5.77. The highest BCUT2D eigenvalue weighted by molar-refractivity contribution is 6.28. The highest BCUT2D eigenvalue weighted by atomic mass is 35.5. The van der Waals surface area contributed by atoms with Crippen molar-refractivity contribution >= 4 is 23.5 Å². The number of hydrogen-bond donors (Lipinski definition) is 2. The molecular weight excluding hydrogens is 390 g/mol. The lowest BCUT2D eigenvalue weighted by molar-refractivity contribution is -0.118. The lowest BCUT2D eigenvalue weighted by atomic mass is 9.97. The first-order chi connectivity index (χ1) is 14.0. The van der Waals surface area contributed by atoms with E-state index in [1.807, 2.05) is 30.3 Å². The summed E-state index contributed by atoms with van der Waals surface area (Å²) in [5, 5.41) is 5.69. The van der Waals surface area contributed by atoms with Gasteiger partial charge in [0.2, 0.25) is 17.1 Å². The first-order valence-electron chi connectivity index (χ1n) is 9.19. The number of aromatic nitrogens is 3. The Morgan fingerprint density at radius 2 is 1.83 bits per heavy atom. The number of nitrogens with one attached hydrogen (secondary N) is 2. The van der Waals surface area contributed by atoms with E-state index in [0.717, 1.165) is 22.3 Å². The Kier molecular flexibility index (Phi) is 6.97. The van der Waals surface area contributed by atoms with Gasteiger partial charge in [0.15, 0.2) is 0 Å². The summed E-state index contributed by atoms with van der Waals surface area (Å²) >= 11 is 5.98. The molecule has 7 nitrogen and oxygen atoms in total. The van der Waals surface area contributed by atoms with Crippen LogP contribution in [0.1, 0.15) is 18.1 Å². The third-order valence-corrected chi connectivity index (χ3v) is 4.43. The highest BCUT2D eigenvalue weighted by Crippen LogP contribution is 2.26. The predicted octanol–water partition coefficient (Wildman–Crippen LogP) is 3.63. The molecule has 0 aliphatic heterocycles. The minimum Gasteiger partial charge on any atom is -0.458 e. The summed E-state index contributed by atoms with van der Waals surface area (Å²) in [4.78, 5) is 23.2. The van der Waals surface area contributed by atoms with Crippen LogP contribution in [0.15, 0.2) is 48.5 Å². The Balaban J connectivity index is 1.68. The quantitative estimate of drug-likeness (QED) is 0.550. The van der Waals surface area contributed by atoms with Crippen molar-refractivity contribution in [2.45, 2.75) is 20.5 Å². The van der Waals surface area contributed by atoms with Crippen molar-refractivity contribution in [1.29, 1.82) is 0 Å². The second-order valence-corrected chi connectivity index (χ2v) is 6.70. The molecule has 8 heteroatoms. The Labute approximate surface area is 174 Å². The van der Waals surface area contributed by atoms with Crippen molar-refractivity contribution < 1.29 is 9.53 Å². The third-order valence-electron chi connectivity index (χ3n) is 4.26. The first kappa shape index (κ1) is 20.5. The van der Waals surface area contributed by atoms with Crippen LogP contribution in [-0.4, -0.2) is 33.9 Å². The zero-order valence-electron chi connectivity index (χ0n) is 16.3. The van der Waals surface area contributed by atoms with Gasteiger partial charge in [-0.1, -0.05) is 48.5 Å². The van der Waals surface area contributed by atoms with Crippen LogP contribution in [0.25, 0.3) is 11.1 Å². The molecule has 3 aromatic rings. The molecule has 1 amide bonds. The van der Waals surface area contributed by atoms with Gasteiger partial charge >= 0.3 is 6.01 Å². The minimum absolute atomic E-state index is 0.0341. The largest absolute Gasteiger partial charge is 0.458 e. The van der Waals surface area contributed by atoms with E-state index in [1.165, 1.54) is 6.92 Å². The summed E-state index contributed by atoms with van der Waals surface area (Å²) in [6.45, 7) is 4.73. The maximum atomic E-state index is 10.9. The Morgan fingerprint density at radius 1 is 1.03 bits per heavy atom. The van der Waals surface area contributed by atoms with Gasteiger partial charge in [-0.05, 0) is 40.8 Å². The van der Waals surface area contributed by atoms with Crippen LogP contribution in [0.4, 0.5) is 5.95 Å². The molecule has 0 atom stereocenters. The third kappa shape index (κ3) is 5.89. The van der Waals surface area contributed by atoms with E-state index in [-0.39, 0.29) is 17.2 Å². The number of halogens is 1. The average Bonchev–Trinajstić information content (AvgIpc) is 2.71. The van der Waals surface area contributed by atoms with Crippen molar-refractivity contribution in [3.63, 3.8) is 0 Å². The van der Waals surface area contributed by atoms with Crippen LogP contribution in [-0.2, 0) is 11.4 Å². The molecule has 1 aromatic heterocycles. The number of anilines is 1. The summed E-state index contributed by atoms with van der Waals surface area (Å²) in [7, 11) is 0. The van der Waals surface area contributed by atoms with Gasteiger partial charge in [-0.3, -0.25) is 4.79 Å². The summed E-state index contributed by atoms with van der Waals surface area (Å²) in [6, 6.07) is 16.4. The fraction of sp³-hybridized carbons (Fsp3) is 0.238. The van der Waals surface area contributed by atoms with E-state index in [1.54, 1.807) is 0 Å².